The molecule has 0 aliphatic rings. The maximum atomic E-state index is 11.7. The summed E-state index contributed by atoms with van der Waals surface area (Å²) in [7, 11) is 2.79. The lowest BCUT2D eigenvalue weighted by Gasteiger charge is -2.10. The number of amides is 1. The highest BCUT2D eigenvalue weighted by Gasteiger charge is 2.18. The Kier molecular flexibility index (Phi) is 5.83. The van der Waals surface area contributed by atoms with Gasteiger partial charge in [-0.05, 0) is 23.6 Å². The fraction of sp³-hybridized carbons (Fsp3) is 0.462. The Labute approximate surface area is 123 Å². The van der Waals surface area contributed by atoms with Crippen molar-refractivity contribution in [2.24, 2.45) is 5.92 Å². The highest BCUT2D eigenvalue weighted by Crippen LogP contribution is 2.27. The van der Waals surface area contributed by atoms with E-state index >= 15 is 0 Å². The predicted octanol–water partition coefficient (Wildman–Crippen LogP) is 1.94. The van der Waals surface area contributed by atoms with Crippen LogP contribution in [0.4, 0.5) is 0 Å². The van der Waals surface area contributed by atoms with E-state index in [2.05, 4.69) is 5.32 Å². The monoisotopic (exact) mass is 319 g/mol. The van der Waals surface area contributed by atoms with Gasteiger partial charge in [0.15, 0.2) is 0 Å². The summed E-state index contributed by atoms with van der Waals surface area (Å²) in [6.07, 6.45) is 0.0934. The highest BCUT2D eigenvalue weighted by molar-refractivity contribution is 8.13. The van der Waals surface area contributed by atoms with Crippen molar-refractivity contribution in [3.05, 3.63) is 23.8 Å². The van der Waals surface area contributed by atoms with Gasteiger partial charge in [-0.2, -0.15) is 0 Å². The molecule has 0 aromatic heterocycles. The Morgan fingerprint density at radius 3 is 2.55 bits per heavy atom. The zero-order chi connectivity index (χ0) is 15.3. The first-order chi connectivity index (χ1) is 9.24. The van der Waals surface area contributed by atoms with Gasteiger partial charge in [0.1, 0.15) is 10.6 Å². The number of carbonyl (C=O) groups excluding carboxylic acids is 1. The van der Waals surface area contributed by atoms with Crippen molar-refractivity contribution < 1.29 is 17.9 Å². The zero-order valence-corrected chi connectivity index (χ0v) is 13.2. The Hall–Kier alpha value is -1.27. The number of ether oxygens (including phenoxy) is 1. The molecule has 0 heterocycles. The van der Waals surface area contributed by atoms with Gasteiger partial charge >= 0.3 is 0 Å². The lowest BCUT2D eigenvalue weighted by atomic mass is 10.1. The van der Waals surface area contributed by atoms with Crippen LogP contribution in [0.2, 0.25) is 0 Å². The summed E-state index contributed by atoms with van der Waals surface area (Å²) in [5, 5.41) is 2.76. The first kappa shape index (κ1) is 16.8. The average Bonchev–Trinajstić information content (AvgIpc) is 2.35. The molecule has 1 amide bonds. The molecule has 7 heteroatoms. The number of rotatable bonds is 6. The molecule has 0 fully saturated rings. The molecule has 1 aromatic rings. The van der Waals surface area contributed by atoms with Gasteiger partial charge in [-0.25, -0.2) is 8.42 Å². The molecule has 0 radical (unpaired) electrons. The van der Waals surface area contributed by atoms with Crippen LogP contribution in [0.1, 0.15) is 19.4 Å². The van der Waals surface area contributed by atoms with Gasteiger partial charge in [0.05, 0.1) is 13.5 Å². The first-order valence-corrected chi connectivity index (χ1v) is 8.43. The van der Waals surface area contributed by atoms with E-state index in [9.17, 15) is 13.2 Å². The second-order valence-corrected chi connectivity index (χ2v) is 7.33. The second-order valence-electron chi connectivity index (χ2n) is 4.80. The predicted molar refractivity (Wildman–Crippen MR) is 77.6 cm³/mol. The summed E-state index contributed by atoms with van der Waals surface area (Å²) in [6.45, 7) is 4.56. The van der Waals surface area contributed by atoms with Gasteiger partial charge in [0.2, 0.25) is 5.91 Å². The number of benzene rings is 1. The Bertz CT molecular complexity index is 584. The summed E-state index contributed by atoms with van der Waals surface area (Å²) in [5.74, 6) is 0.349. The standard InChI is InChI=1S/C13H18ClNO4S/c1-9(2)8-15-13(16)7-10-4-5-11(19-3)12(6-10)20(14,17)18/h4-6,9H,7-8H2,1-3H3,(H,15,16). The summed E-state index contributed by atoms with van der Waals surface area (Å²) >= 11 is 0. The number of hydrogen-bond donors (Lipinski definition) is 1. The molecule has 1 rings (SSSR count). The third kappa shape index (κ3) is 5.02. The Morgan fingerprint density at radius 1 is 1.40 bits per heavy atom. The number of methoxy groups -OCH3 is 1. The molecular weight excluding hydrogens is 302 g/mol. The van der Waals surface area contributed by atoms with Crippen LogP contribution in [0, 0.1) is 5.92 Å². The van der Waals surface area contributed by atoms with Crippen LogP contribution in [0.25, 0.3) is 0 Å². The molecule has 5 nitrogen and oxygen atoms in total. The third-order valence-electron chi connectivity index (χ3n) is 2.56. The van der Waals surface area contributed by atoms with Crippen LogP contribution < -0.4 is 10.1 Å². The minimum absolute atomic E-state index is 0.0934. The highest BCUT2D eigenvalue weighted by atomic mass is 35.7. The lowest BCUT2D eigenvalue weighted by Crippen LogP contribution is -2.28. The first-order valence-electron chi connectivity index (χ1n) is 6.12. The molecule has 0 spiro atoms. The average molecular weight is 320 g/mol. The van der Waals surface area contributed by atoms with Crippen molar-refractivity contribution in [1.29, 1.82) is 0 Å². The lowest BCUT2D eigenvalue weighted by molar-refractivity contribution is -0.120. The molecule has 1 aromatic carbocycles. The molecule has 0 saturated heterocycles. The molecule has 0 aliphatic heterocycles. The minimum Gasteiger partial charge on any atom is -0.495 e. The fourth-order valence-electron chi connectivity index (χ4n) is 1.59. The van der Waals surface area contributed by atoms with Crippen LogP contribution >= 0.6 is 10.7 Å². The van der Waals surface area contributed by atoms with Crippen LogP contribution in [0.3, 0.4) is 0 Å². The number of halogens is 1. The molecule has 1 N–H and O–H groups in total. The van der Waals surface area contributed by atoms with Crippen LogP contribution in [0.15, 0.2) is 23.1 Å². The molecular formula is C13H18ClNO4S. The maximum Gasteiger partial charge on any atom is 0.264 e. The number of hydrogen-bond acceptors (Lipinski definition) is 4. The van der Waals surface area contributed by atoms with E-state index in [0.29, 0.717) is 18.0 Å². The van der Waals surface area contributed by atoms with Gasteiger partial charge in [0.25, 0.3) is 9.05 Å². The summed E-state index contributed by atoms with van der Waals surface area (Å²) in [5.41, 5.74) is 0.561. The molecule has 112 valence electrons. The quantitative estimate of drug-likeness (QED) is 0.813. The van der Waals surface area contributed by atoms with Crippen LogP contribution in [-0.4, -0.2) is 28.0 Å². The van der Waals surface area contributed by atoms with Crippen molar-refractivity contribution in [2.75, 3.05) is 13.7 Å². The van der Waals surface area contributed by atoms with E-state index < -0.39 is 9.05 Å². The van der Waals surface area contributed by atoms with Crippen molar-refractivity contribution in [1.82, 2.24) is 5.32 Å². The van der Waals surface area contributed by atoms with Gasteiger partial charge in [-0.1, -0.05) is 19.9 Å². The van der Waals surface area contributed by atoms with Gasteiger partial charge in [-0.3, -0.25) is 4.79 Å². The van der Waals surface area contributed by atoms with Crippen molar-refractivity contribution in [3.8, 4) is 5.75 Å². The number of nitrogens with one attached hydrogen (secondary N) is 1. The SMILES string of the molecule is COc1ccc(CC(=O)NCC(C)C)cc1S(=O)(=O)Cl. The smallest absolute Gasteiger partial charge is 0.264 e. The van der Waals surface area contributed by atoms with E-state index in [1.807, 2.05) is 13.8 Å². The minimum atomic E-state index is -3.91. The van der Waals surface area contributed by atoms with Gasteiger partial charge in [0, 0.05) is 17.2 Å². The van der Waals surface area contributed by atoms with Crippen molar-refractivity contribution in [3.63, 3.8) is 0 Å². The second kappa shape index (κ2) is 6.95. The van der Waals surface area contributed by atoms with Crippen LogP contribution in [-0.2, 0) is 20.3 Å². The maximum absolute atomic E-state index is 11.7. The van der Waals surface area contributed by atoms with E-state index in [0.717, 1.165) is 0 Å². The Morgan fingerprint density at radius 2 is 2.05 bits per heavy atom. The van der Waals surface area contributed by atoms with Gasteiger partial charge in [-0.15, -0.1) is 0 Å². The van der Waals surface area contributed by atoms with E-state index in [1.165, 1.54) is 19.2 Å². The van der Waals surface area contributed by atoms with Crippen molar-refractivity contribution in [2.45, 2.75) is 25.2 Å². The van der Waals surface area contributed by atoms with Crippen LogP contribution in [0.5, 0.6) is 5.75 Å². The van der Waals surface area contributed by atoms with Crippen molar-refractivity contribution >= 4 is 25.6 Å². The fourth-order valence-corrected chi connectivity index (χ4v) is 2.63. The largest absolute Gasteiger partial charge is 0.495 e. The van der Waals surface area contributed by atoms with E-state index in [1.54, 1.807) is 6.07 Å². The normalized spacial score (nSPS) is 11.4. The summed E-state index contributed by atoms with van der Waals surface area (Å²) in [6, 6.07) is 4.48. The topological polar surface area (TPSA) is 72.5 Å². The molecule has 0 aliphatic carbocycles. The summed E-state index contributed by atoms with van der Waals surface area (Å²) in [4.78, 5) is 11.6. The van der Waals surface area contributed by atoms with E-state index in [-0.39, 0.29) is 23.0 Å². The molecule has 0 saturated carbocycles. The number of carbonyl (C=O) groups is 1. The van der Waals surface area contributed by atoms with E-state index in [4.69, 9.17) is 15.4 Å². The third-order valence-corrected chi connectivity index (χ3v) is 3.91. The molecule has 0 unspecified atom stereocenters. The molecule has 0 atom stereocenters. The summed E-state index contributed by atoms with van der Waals surface area (Å²) < 4.78 is 27.8. The molecule has 0 bridgehead atoms. The molecule has 20 heavy (non-hydrogen) atoms. The zero-order valence-electron chi connectivity index (χ0n) is 11.6. The Balaban J connectivity index is 2.90. The van der Waals surface area contributed by atoms with Gasteiger partial charge < -0.3 is 10.1 Å².